The van der Waals surface area contributed by atoms with E-state index in [9.17, 15) is 9.18 Å². The van der Waals surface area contributed by atoms with Crippen LogP contribution in [0, 0.1) is 5.82 Å². The number of H-pyrrole nitrogens is 1. The third-order valence-corrected chi connectivity index (χ3v) is 2.06. The second kappa shape index (κ2) is 2.81. The number of aromatic nitrogens is 2. The quantitative estimate of drug-likeness (QED) is 0.714. The molecule has 0 saturated carbocycles. The second-order valence-electron chi connectivity index (χ2n) is 2.51. The normalized spacial score (nSPS) is 10.6. The van der Waals surface area contributed by atoms with Gasteiger partial charge in [0.05, 0.1) is 5.02 Å². The second-order valence-corrected chi connectivity index (χ2v) is 2.92. The van der Waals surface area contributed by atoms with E-state index >= 15 is 0 Å². The third-order valence-electron chi connectivity index (χ3n) is 1.77. The lowest BCUT2D eigenvalue weighted by atomic mass is 10.2. The van der Waals surface area contributed by atoms with E-state index in [2.05, 4.69) is 10.2 Å². The molecule has 66 valence electrons. The minimum atomic E-state index is -0.608. The summed E-state index contributed by atoms with van der Waals surface area (Å²) >= 11 is 5.52. The maximum atomic E-state index is 13.2. The zero-order valence-corrected chi connectivity index (χ0v) is 7.10. The minimum Gasteiger partial charge on any atom is -0.296 e. The van der Waals surface area contributed by atoms with Crippen molar-refractivity contribution in [3.63, 3.8) is 0 Å². The number of nitrogens with zero attached hydrogens (tertiary/aromatic N) is 1. The zero-order valence-electron chi connectivity index (χ0n) is 6.34. The maximum Gasteiger partial charge on any atom is 0.169 e. The number of halogens is 2. The van der Waals surface area contributed by atoms with Crippen molar-refractivity contribution in [2.24, 2.45) is 0 Å². The standard InChI is InChI=1S/C8H4ClFN2O/c9-5-2-1-4-6(3-13)11-12-8(4)7(5)10/h1-3H,(H,11,12). The van der Waals surface area contributed by atoms with Gasteiger partial charge >= 0.3 is 0 Å². The molecule has 0 fully saturated rings. The highest BCUT2D eigenvalue weighted by Crippen LogP contribution is 2.23. The minimum absolute atomic E-state index is 0.00329. The summed E-state index contributed by atoms with van der Waals surface area (Å²) in [4.78, 5) is 10.5. The van der Waals surface area contributed by atoms with Crippen LogP contribution in [-0.2, 0) is 0 Å². The van der Waals surface area contributed by atoms with E-state index in [4.69, 9.17) is 11.6 Å². The molecule has 1 N–H and O–H groups in total. The van der Waals surface area contributed by atoms with Crippen LogP contribution in [0.5, 0.6) is 0 Å². The van der Waals surface area contributed by atoms with Crippen molar-refractivity contribution in [2.75, 3.05) is 0 Å². The smallest absolute Gasteiger partial charge is 0.169 e. The van der Waals surface area contributed by atoms with Crippen molar-refractivity contribution in [1.82, 2.24) is 10.2 Å². The van der Waals surface area contributed by atoms with Gasteiger partial charge < -0.3 is 0 Å². The third kappa shape index (κ3) is 1.10. The predicted molar refractivity (Wildman–Crippen MR) is 46.4 cm³/mol. The van der Waals surface area contributed by atoms with E-state index in [1.54, 1.807) is 6.07 Å². The molecule has 3 nitrogen and oxygen atoms in total. The summed E-state index contributed by atoms with van der Waals surface area (Å²) in [5, 5.41) is 6.49. The molecule has 0 radical (unpaired) electrons. The van der Waals surface area contributed by atoms with Crippen LogP contribution in [0.3, 0.4) is 0 Å². The number of nitrogens with one attached hydrogen (secondary N) is 1. The predicted octanol–water partition coefficient (Wildman–Crippen LogP) is 2.17. The molecule has 1 aromatic heterocycles. The van der Waals surface area contributed by atoms with Gasteiger partial charge in [-0.15, -0.1) is 0 Å². The Kier molecular flexibility index (Phi) is 1.77. The summed E-state index contributed by atoms with van der Waals surface area (Å²) in [6.45, 7) is 0. The first-order valence-corrected chi connectivity index (χ1v) is 3.89. The average Bonchev–Trinajstić information content (AvgIpc) is 2.55. The fourth-order valence-corrected chi connectivity index (χ4v) is 1.29. The number of aromatic amines is 1. The van der Waals surface area contributed by atoms with Crippen molar-refractivity contribution < 1.29 is 9.18 Å². The molecule has 0 spiro atoms. The zero-order chi connectivity index (χ0) is 9.42. The Morgan fingerprint density at radius 3 is 3.00 bits per heavy atom. The molecule has 0 unspecified atom stereocenters. The van der Waals surface area contributed by atoms with Crippen molar-refractivity contribution >= 4 is 28.8 Å². The molecule has 2 aromatic rings. The van der Waals surface area contributed by atoms with Gasteiger partial charge in [0, 0.05) is 5.39 Å². The van der Waals surface area contributed by atoms with Gasteiger partial charge in [-0.05, 0) is 12.1 Å². The highest BCUT2D eigenvalue weighted by molar-refractivity contribution is 6.31. The van der Waals surface area contributed by atoms with Crippen LogP contribution in [0.15, 0.2) is 12.1 Å². The van der Waals surface area contributed by atoms with E-state index in [0.717, 1.165) is 0 Å². The SMILES string of the molecule is O=Cc1[nH]nc2c(F)c(Cl)ccc12. The summed E-state index contributed by atoms with van der Waals surface area (Å²) < 4.78 is 13.2. The van der Waals surface area contributed by atoms with Crippen molar-refractivity contribution in [2.45, 2.75) is 0 Å². The molecular formula is C8H4ClFN2O. The first-order valence-electron chi connectivity index (χ1n) is 3.51. The van der Waals surface area contributed by atoms with Gasteiger partial charge in [0.15, 0.2) is 12.1 Å². The number of rotatable bonds is 1. The van der Waals surface area contributed by atoms with Gasteiger partial charge in [-0.2, -0.15) is 5.10 Å². The number of hydrogen-bond donors (Lipinski definition) is 1. The highest BCUT2D eigenvalue weighted by atomic mass is 35.5. The lowest BCUT2D eigenvalue weighted by Crippen LogP contribution is -1.80. The number of benzene rings is 1. The summed E-state index contributed by atoms with van der Waals surface area (Å²) in [5.41, 5.74) is 0.347. The van der Waals surface area contributed by atoms with Gasteiger partial charge in [-0.25, -0.2) is 4.39 Å². The largest absolute Gasteiger partial charge is 0.296 e. The van der Waals surface area contributed by atoms with E-state index in [1.807, 2.05) is 0 Å². The topological polar surface area (TPSA) is 45.8 Å². The van der Waals surface area contributed by atoms with Crippen LogP contribution >= 0.6 is 11.6 Å². The van der Waals surface area contributed by atoms with E-state index in [0.29, 0.717) is 11.7 Å². The number of fused-ring (bicyclic) bond motifs is 1. The Morgan fingerprint density at radius 2 is 2.31 bits per heavy atom. The van der Waals surface area contributed by atoms with Gasteiger partial charge in [0.2, 0.25) is 0 Å². The average molecular weight is 199 g/mol. The Labute approximate surface area is 77.5 Å². The van der Waals surface area contributed by atoms with Crippen LogP contribution in [0.25, 0.3) is 10.9 Å². The first kappa shape index (κ1) is 8.19. The summed E-state index contributed by atoms with van der Waals surface area (Å²) in [6.07, 6.45) is 0.586. The summed E-state index contributed by atoms with van der Waals surface area (Å²) in [5.74, 6) is -0.608. The lowest BCUT2D eigenvalue weighted by Gasteiger charge is -1.93. The van der Waals surface area contributed by atoms with Crippen LogP contribution < -0.4 is 0 Å². The number of carbonyl (C=O) groups excluding carboxylic acids is 1. The van der Waals surface area contributed by atoms with Gasteiger partial charge in [-0.3, -0.25) is 9.89 Å². The molecule has 1 aromatic carbocycles. The Morgan fingerprint density at radius 1 is 1.54 bits per heavy atom. The van der Waals surface area contributed by atoms with E-state index < -0.39 is 5.82 Å². The molecule has 2 rings (SSSR count). The van der Waals surface area contributed by atoms with Crippen LogP contribution in [0.2, 0.25) is 5.02 Å². The van der Waals surface area contributed by atoms with Crippen LogP contribution in [0.4, 0.5) is 4.39 Å². The number of aldehydes is 1. The highest BCUT2D eigenvalue weighted by Gasteiger charge is 2.11. The summed E-state index contributed by atoms with van der Waals surface area (Å²) in [7, 11) is 0. The molecule has 13 heavy (non-hydrogen) atoms. The Hall–Kier alpha value is -1.42. The molecule has 0 aliphatic rings. The van der Waals surface area contributed by atoms with E-state index in [-0.39, 0.29) is 16.2 Å². The molecule has 0 saturated heterocycles. The Bertz CT molecular complexity index is 480. The fourth-order valence-electron chi connectivity index (χ4n) is 1.13. The molecule has 5 heteroatoms. The van der Waals surface area contributed by atoms with Crippen LogP contribution in [-0.4, -0.2) is 16.5 Å². The molecule has 1 heterocycles. The Balaban J connectivity index is 2.88. The first-order chi connectivity index (χ1) is 6.24. The molecule has 0 atom stereocenters. The molecule has 0 amide bonds. The van der Waals surface area contributed by atoms with Crippen molar-refractivity contribution in [3.05, 3.63) is 28.7 Å². The fraction of sp³-hybridized carbons (Fsp3) is 0. The maximum absolute atomic E-state index is 13.2. The summed E-state index contributed by atoms with van der Waals surface area (Å²) in [6, 6.07) is 2.94. The molecule has 0 aliphatic carbocycles. The number of hydrogen-bond acceptors (Lipinski definition) is 2. The van der Waals surface area contributed by atoms with Crippen LogP contribution in [0.1, 0.15) is 10.5 Å². The molecule has 0 bridgehead atoms. The van der Waals surface area contributed by atoms with Crippen molar-refractivity contribution in [1.29, 1.82) is 0 Å². The molecular weight excluding hydrogens is 195 g/mol. The molecule has 0 aliphatic heterocycles. The lowest BCUT2D eigenvalue weighted by molar-refractivity contribution is 0.112. The number of carbonyl (C=O) groups is 1. The van der Waals surface area contributed by atoms with E-state index in [1.165, 1.54) is 6.07 Å². The monoisotopic (exact) mass is 198 g/mol. The van der Waals surface area contributed by atoms with Gasteiger partial charge in [-0.1, -0.05) is 11.6 Å². The van der Waals surface area contributed by atoms with Crippen molar-refractivity contribution in [3.8, 4) is 0 Å². The van der Waals surface area contributed by atoms with Gasteiger partial charge in [0.1, 0.15) is 11.2 Å². The van der Waals surface area contributed by atoms with Gasteiger partial charge in [0.25, 0.3) is 0 Å².